The molecule has 24 heavy (non-hydrogen) atoms. The van der Waals surface area contributed by atoms with Crippen LogP contribution in [0.5, 0.6) is 0 Å². The molecule has 2 aromatic rings. The Hall–Kier alpha value is -2.05. The maximum atomic E-state index is 12.5. The van der Waals surface area contributed by atoms with E-state index in [9.17, 15) is 13.2 Å². The molecule has 0 spiro atoms. The fraction of sp³-hybridized carbons (Fsp3) is 0.235. The number of sulfonamides is 1. The number of nitrogens with zero attached hydrogens (tertiary/aromatic N) is 1. The highest BCUT2D eigenvalue weighted by atomic mass is 35.5. The molecule has 126 valence electrons. The van der Waals surface area contributed by atoms with Gasteiger partial charge in [-0.2, -0.15) is 0 Å². The van der Waals surface area contributed by atoms with Crippen LogP contribution in [0.2, 0.25) is 5.02 Å². The second kappa shape index (κ2) is 6.45. The van der Waals surface area contributed by atoms with E-state index in [1.807, 2.05) is 0 Å². The van der Waals surface area contributed by atoms with Gasteiger partial charge in [0.05, 0.1) is 4.90 Å². The molecule has 1 fully saturated rings. The van der Waals surface area contributed by atoms with Crippen LogP contribution in [0, 0.1) is 6.92 Å². The minimum atomic E-state index is -3.72. The molecule has 2 aromatic carbocycles. The standard InChI is InChI=1S/C17H17ClN2O3S/c1-12-15(18)4-2-5-16(12)24(22,23)19-13-7-9-14(10-8-13)20-11-3-6-17(20)21/h2,4-5,7-10,19H,3,6,11H2,1H3. The van der Waals surface area contributed by atoms with Crippen molar-refractivity contribution in [2.24, 2.45) is 0 Å². The first-order valence-electron chi connectivity index (χ1n) is 7.57. The second-order valence-electron chi connectivity index (χ2n) is 5.66. The van der Waals surface area contributed by atoms with Gasteiger partial charge in [-0.15, -0.1) is 0 Å². The second-order valence-corrected chi connectivity index (χ2v) is 7.72. The fourth-order valence-electron chi connectivity index (χ4n) is 2.72. The third-order valence-corrected chi connectivity index (χ3v) is 5.95. The molecule has 0 atom stereocenters. The predicted octanol–water partition coefficient (Wildman–Crippen LogP) is 3.58. The van der Waals surface area contributed by atoms with Crippen LogP contribution in [-0.4, -0.2) is 20.9 Å². The van der Waals surface area contributed by atoms with E-state index < -0.39 is 10.0 Å². The van der Waals surface area contributed by atoms with E-state index in [2.05, 4.69) is 4.72 Å². The van der Waals surface area contributed by atoms with Crippen molar-refractivity contribution < 1.29 is 13.2 Å². The van der Waals surface area contributed by atoms with Crippen molar-refractivity contribution in [2.45, 2.75) is 24.7 Å². The van der Waals surface area contributed by atoms with Crippen LogP contribution in [-0.2, 0) is 14.8 Å². The fourth-order valence-corrected chi connectivity index (χ4v) is 4.28. The van der Waals surface area contributed by atoms with Gasteiger partial charge < -0.3 is 4.90 Å². The highest BCUT2D eigenvalue weighted by Gasteiger charge is 2.22. The van der Waals surface area contributed by atoms with Gasteiger partial charge in [-0.25, -0.2) is 8.42 Å². The lowest BCUT2D eigenvalue weighted by atomic mass is 10.2. The van der Waals surface area contributed by atoms with Crippen molar-refractivity contribution in [1.29, 1.82) is 0 Å². The molecule has 1 amide bonds. The lowest BCUT2D eigenvalue weighted by Gasteiger charge is -2.16. The van der Waals surface area contributed by atoms with E-state index >= 15 is 0 Å². The number of rotatable bonds is 4. The summed E-state index contributed by atoms with van der Waals surface area (Å²) in [5.74, 6) is 0.0953. The molecule has 0 bridgehead atoms. The zero-order valence-electron chi connectivity index (χ0n) is 13.1. The molecule has 7 heteroatoms. The van der Waals surface area contributed by atoms with Gasteiger partial charge in [-0.1, -0.05) is 17.7 Å². The van der Waals surface area contributed by atoms with E-state index in [1.165, 1.54) is 6.07 Å². The van der Waals surface area contributed by atoms with Gasteiger partial charge in [0.15, 0.2) is 0 Å². The van der Waals surface area contributed by atoms with Gasteiger partial charge in [0.2, 0.25) is 5.91 Å². The third kappa shape index (κ3) is 3.25. The van der Waals surface area contributed by atoms with Gasteiger partial charge in [0, 0.05) is 29.4 Å². The average Bonchev–Trinajstić information content (AvgIpc) is 2.96. The number of benzene rings is 2. The molecule has 1 aliphatic heterocycles. The first-order valence-corrected chi connectivity index (χ1v) is 9.43. The Bertz CT molecular complexity index is 879. The lowest BCUT2D eigenvalue weighted by molar-refractivity contribution is -0.117. The molecule has 0 unspecified atom stereocenters. The highest BCUT2D eigenvalue weighted by molar-refractivity contribution is 7.92. The number of anilines is 2. The summed E-state index contributed by atoms with van der Waals surface area (Å²) >= 11 is 6.00. The number of nitrogens with one attached hydrogen (secondary N) is 1. The summed E-state index contributed by atoms with van der Waals surface area (Å²) in [5, 5.41) is 0.403. The molecule has 0 radical (unpaired) electrons. The molecule has 0 saturated carbocycles. The van der Waals surface area contributed by atoms with E-state index in [1.54, 1.807) is 48.2 Å². The maximum absolute atomic E-state index is 12.5. The van der Waals surface area contributed by atoms with Crippen LogP contribution in [0.15, 0.2) is 47.4 Å². The zero-order chi connectivity index (χ0) is 17.3. The number of hydrogen-bond donors (Lipinski definition) is 1. The van der Waals surface area contributed by atoms with Crippen molar-refractivity contribution in [1.82, 2.24) is 0 Å². The van der Waals surface area contributed by atoms with Crippen LogP contribution < -0.4 is 9.62 Å². The SMILES string of the molecule is Cc1c(Cl)cccc1S(=O)(=O)Nc1ccc(N2CCCC2=O)cc1. The van der Waals surface area contributed by atoms with E-state index in [0.29, 0.717) is 29.2 Å². The number of hydrogen-bond acceptors (Lipinski definition) is 3. The first kappa shape index (κ1) is 16.8. The van der Waals surface area contributed by atoms with Crippen LogP contribution in [0.3, 0.4) is 0 Å². The molecule has 3 rings (SSSR count). The molecule has 1 heterocycles. The summed E-state index contributed by atoms with van der Waals surface area (Å²) in [6.07, 6.45) is 1.41. The maximum Gasteiger partial charge on any atom is 0.262 e. The Kier molecular flexibility index (Phi) is 4.51. The number of amides is 1. The smallest absolute Gasteiger partial charge is 0.262 e. The van der Waals surface area contributed by atoms with Crippen molar-refractivity contribution in [2.75, 3.05) is 16.2 Å². The number of carbonyl (C=O) groups excluding carboxylic acids is 1. The summed E-state index contributed by atoms with van der Waals surface area (Å²) in [4.78, 5) is 13.6. The first-order chi connectivity index (χ1) is 11.4. The van der Waals surface area contributed by atoms with Gasteiger partial charge in [-0.3, -0.25) is 9.52 Å². The summed E-state index contributed by atoms with van der Waals surface area (Å²) in [6, 6.07) is 11.6. The molecule has 1 aliphatic rings. The van der Waals surface area contributed by atoms with Gasteiger partial charge in [-0.05, 0) is 55.3 Å². The van der Waals surface area contributed by atoms with E-state index in [4.69, 9.17) is 11.6 Å². The monoisotopic (exact) mass is 364 g/mol. The molecular weight excluding hydrogens is 348 g/mol. The zero-order valence-corrected chi connectivity index (χ0v) is 14.7. The van der Waals surface area contributed by atoms with Crippen molar-refractivity contribution in [3.05, 3.63) is 53.1 Å². The molecule has 1 saturated heterocycles. The van der Waals surface area contributed by atoms with E-state index in [-0.39, 0.29) is 10.8 Å². The summed E-state index contributed by atoms with van der Waals surface area (Å²) in [5.41, 5.74) is 1.72. The molecule has 5 nitrogen and oxygen atoms in total. The molecular formula is C17H17ClN2O3S. The number of carbonyl (C=O) groups is 1. The Morgan fingerprint density at radius 2 is 1.83 bits per heavy atom. The Labute approximate surface area is 146 Å². The minimum absolute atomic E-state index is 0.0953. The third-order valence-electron chi connectivity index (χ3n) is 4.01. The predicted molar refractivity (Wildman–Crippen MR) is 95.0 cm³/mol. The van der Waals surface area contributed by atoms with Crippen LogP contribution in [0.1, 0.15) is 18.4 Å². The van der Waals surface area contributed by atoms with Crippen LogP contribution in [0.4, 0.5) is 11.4 Å². The van der Waals surface area contributed by atoms with Crippen LogP contribution >= 0.6 is 11.6 Å². The summed E-state index contributed by atoms with van der Waals surface area (Å²) in [7, 11) is -3.72. The topological polar surface area (TPSA) is 66.5 Å². The molecule has 1 N–H and O–H groups in total. The Morgan fingerprint density at radius 3 is 2.46 bits per heavy atom. The van der Waals surface area contributed by atoms with Gasteiger partial charge in [0.25, 0.3) is 10.0 Å². The van der Waals surface area contributed by atoms with E-state index in [0.717, 1.165) is 12.1 Å². The van der Waals surface area contributed by atoms with Crippen molar-refractivity contribution in [3.8, 4) is 0 Å². The lowest BCUT2D eigenvalue weighted by Crippen LogP contribution is -2.23. The molecule has 0 aromatic heterocycles. The van der Waals surface area contributed by atoms with Crippen molar-refractivity contribution >= 4 is 38.9 Å². The van der Waals surface area contributed by atoms with Crippen LogP contribution in [0.25, 0.3) is 0 Å². The summed E-state index contributed by atoms with van der Waals surface area (Å²) in [6.45, 7) is 2.37. The Balaban J connectivity index is 1.83. The largest absolute Gasteiger partial charge is 0.312 e. The molecule has 0 aliphatic carbocycles. The average molecular weight is 365 g/mol. The van der Waals surface area contributed by atoms with Gasteiger partial charge in [0.1, 0.15) is 0 Å². The Morgan fingerprint density at radius 1 is 1.12 bits per heavy atom. The number of halogens is 1. The summed E-state index contributed by atoms with van der Waals surface area (Å²) < 4.78 is 27.6. The van der Waals surface area contributed by atoms with Crippen molar-refractivity contribution in [3.63, 3.8) is 0 Å². The quantitative estimate of drug-likeness (QED) is 0.901. The highest BCUT2D eigenvalue weighted by Crippen LogP contribution is 2.27. The normalized spacial score (nSPS) is 14.9. The minimum Gasteiger partial charge on any atom is -0.312 e. The van der Waals surface area contributed by atoms with Gasteiger partial charge >= 0.3 is 0 Å².